The second-order valence-electron chi connectivity index (χ2n) is 3.26. The molecule has 63 valence electrons. The molecule has 0 aliphatic heterocycles. The molecule has 0 N–H and O–H groups in total. The zero-order chi connectivity index (χ0) is 8.69. The van der Waals surface area contributed by atoms with Gasteiger partial charge in [-0.3, -0.25) is 0 Å². The van der Waals surface area contributed by atoms with Gasteiger partial charge in [0.05, 0.1) is 0 Å². The van der Waals surface area contributed by atoms with E-state index >= 15 is 0 Å². The Morgan fingerprint density at radius 3 is 2.36 bits per heavy atom. The van der Waals surface area contributed by atoms with Gasteiger partial charge in [0.2, 0.25) is 0 Å². The highest BCUT2D eigenvalue weighted by atomic mass is 14.1. The molecule has 0 saturated heterocycles. The predicted molar refractivity (Wildman–Crippen MR) is 51.0 cm³/mol. The Morgan fingerprint density at radius 1 is 1.27 bits per heavy atom. The van der Waals surface area contributed by atoms with Crippen LogP contribution in [-0.4, -0.2) is 0 Å². The lowest BCUT2D eigenvalue weighted by Crippen LogP contribution is -2.02. The van der Waals surface area contributed by atoms with Gasteiger partial charge in [-0.05, 0) is 18.3 Å². The maximum absolute atomic E-state index is 3.97. The lowest BCUT2D eigenvalue weighted by atomic mass is 9.95. The molecule has 0 bridgehead atoms. The molecular formula is C11H19. The van der Waals surface area contributed by atoms with Crippen molar-refractivity contribution in [3.63, 3.8) is 0 Å². The SMILES string of the molecule is [CH2]C(C)C(C)CC#CCCC. The number of unbranched alkanes of at least 4 members (excludes halogenated alkanes) is 1. The molecule has 0 aliphatic carbocycles. The van der Waals surface area contributed by atoms with E-state index in [1.54, 1.807) is 0 Å². The average molecular weight is 151 g/mol. The first kappa shape index (κ1) is 10.6. The number of hydrogen-bond donors (Lipinski definition) is 0. The van der Waals surface area contributed by atoms with Crippen LogP contribution in [0.4, 0.5) is 0 Å². The summed E-state index contributed by atoms with van der Waals surface area (Å²) in [6.07, 6.45) is 3.21. The molecule has 11 heavy (non-hydrogen) atoms. The van der Waals surface area contributed by atoms with Crippen LogP contribution in [0.3, 0.4) is 0 Å². The molecule has 0 heterocycles. The van der Waals surface area contributed by atoms with E-state index in [1.165, 1.54) is 6.42 Å². The van der Waals surface area contributed by atoms with Gasteiger partial charge in [-0.2, -0.15) is 0 Å². The van der Waals surface area contributed by atoms with Gasteiger partial charge < -0.3 is 0 Å². The van der Waals surface area contributed by atoms with Gasteiger partial charge in [-0.15, -0.1) is 11.8 Å². The third-order valence-electron chi connectivity index (χ3n) is 1.90. The Kier molecular flexibility index (Phi) is 6.03. The number of hydrogen-bond acceptors (Lipinski definition) is 0. The van der Waals surface area contributed by atoms with E-state index in [4.69, 9.17) is 0 Å². The van der Waals surface area contributed by atoms with Gasteiger partial charge in [-0.1, -0.05) is 27.7 Å². The fraction of sp³-hybridized carbons (Fsp3) is 0.727. The smallest absolute Gasteiger partial charge is 0.0117 e. The summed E-state index contributed by atoms with van der Waals surface area (Å²) in [7, 11) is 0. The lowest BCUT2D eigenvalue weighted by Gasteiger charge is -2.10. The van der Waals surface area contributed by atoms with Crippen LogP contribution in [-0.2, 0) is 0 Å². The summed E-state index contributed by atoms with van der Waals surface area (Å²) in [5.41, 5.74) is 0. The van der Waals surface area contributed by atoms with E-state index in [1.807, 2.05) is 0 Å². The van der Waals surface area contributed by atoms with E-state index in [0.717, 1.165) is 12.8 Å². The zero-order valence-electron chi connectivity index (χ0n) is 7.98. The Morgan fingerprint density at radius 2 is 1.91 bits per heavy atom. The lowest BCUT2D eigenvalue weighted by molar-refractivity contribution is 0.468. The maximum atomic E-state index is 3.97. The first-order valence-corrected chi connectivity index (χ1v) is 4.47. The van der Waals surface area contributed by atoms with Crippen molar-refractivity contribution >= 4 is 0 Å². The second-order valence-corrected chi connectivity index (χ2v) is 3.26. The van der Waals surface area contributed by atoms with Gasteiger partial charge in [0.25, 0.3) is 0 Å². The van der Waals surface area contributed by atoms with E-state index in [2.05, 4.69) is 39.5 Å². The average Bonchev–Trinajstić information content (AvgIpc) is 1.97. The molecule has 0 aromatic carbocycles. The van der Waals surface area contributed by atoms with Crippen molar-refractivity contribution in [2.24, 2.45) is 11.8 Å². The molecule has 0 aliphatic rings. The molecule has 2 atom stereocenters. The maximum Gasteiger partial charge on any atom is 0.0117 e. The molecule has 2 unspecified atom stereocenters. The van der Waals surface area contributed by atoms with E-state index in [-0.39, 0.29) is 0 Å². The summed E-state index contributed by atoms with van der Waals surface area (Å²) >= 11 is 0. The van der Waals surface area contributed by atoms with Crippen molar-refractivity contribution in [1.29, 1.82) is 0 Å². The quantitative estimate of drug-likeness (QED) is 0.543. The number of rotatable bonds is 3. The van der Waals surface area contributed by atoms with Crippen molar-refractivity contribution < 1.29 is 0 Å². The van der Waals surface area contributed by atoms with Gasteiger partial charge in [-0.25, -0.2) is 0 Å². The molecule has 0 fully saturated rings. The van der Waals surface area contributed by atoms with Crippen LogP contribution in [0.2, 0.25) is 0 Å². The van der Waals surface area contributed by atoms with Crippen LogP contribution in [0.1, 0.15) is 40.0 Å². The third kappa shape index (κ3) is 5.98. The van der Waals surface area contributed by atoms with Gasteiger partial charge in [0.1, 0.15) is 0 Å². The van der Waals surface area contributed by atoms with Crippen molar-refractivity contribution in [2.75, 3.05) is 0 Å². The molecule has 0 nitrogen and oxygen atoms in total. The Balaban J connectivity index is 3.46. The molecule has 0 aromatic rings. The van der Waals surface area contributed by atoms with Crippen molar-refractivity contribution in [3.05, 3.63) is 6.92 Å². The van der Waals surface area contributed by atoms with E-state index in [0.29, 0.717) is 11.8 Å². The van der Waals surface area contributed by atoms with Crippen molar-refractivity contribution in [1.82, 2.24) is 0 Å². The fourth-order valence-corrected chi connectivity index (χ4v) is 0.648. The minimum Gasteiger partial charge on any atom is -0.103 e. The highest BCUT2D eigenvalue weighted by molar-refractivity contribution is 4.99. The van der Waals surface area contributed by atoms with Gasteiger partial charge in [0, 0.05) is 12.8 Å². The van der Waals surface area contributed by atoms with Crippen LogP contribution in [0.5, 0.6) is 0 Å². The van der Waals surface area contributed by atoms with E-state index < -0.39 is 0 Å². The van der Waals surface area contributed by atoms with Crippen molar-refractivity contribution in [2.45, 2.75) is 40.0 Å². The molecule has 0 aromatic heterocycles. The molecule has 0 amide bonds. The van der Waals surface area contributed by atoms with Crippen LogP contribution in [0, 0.1) is 30.6 Å². The van der Waals surface area contributed by atoms with Gasteiger partial charge >= 0.3 is 0 Å². The Hall–Kier alpha value is -0.440. The minimum absolute atomic E-state index is 0.519. The molecule has 0 heteroatoms. The van der Waals surface area contributed by atoms with Crippen LogP contribution >= 0.6 is 0 Å². The highest BCUT2D eigenvalue weighted by Crippen LogP contribution is 2.11. The Labute approximate surface area is 71.4 Å². The summed E-state index contributed by atoms with van der Waals surface area (Å²) in [5, 5.41) is 0. The summed E-state index contributed by atoms with van der Waals surface area (Å²) in [6.45, 7) is 10.5. The van der Waals surface area contributed by atoms with Crippen LogP contribution in [0.15, 0.2) is 0 Å². The van der Waals surface area contributed by atoms with Gasteiger partial charge in [0.15, 0.2) is 0 Å². The zero-order valence-corrected chi connectivity index (χ0v) is 7.98. The standard InChI is InChI=1S/C11H19/c1-5-6-7-8-9-11(4)10(2)3/h10-11H,2,5-6,9H2,1,3-4H3. The summed E-state index contributed by atoms with van der Waals surface area (Å²) in [4.78, 5) is 0. The summed E-state index contributed by atoms with van der Waals surface area (Å²) in [6, 6.07) is 0. The normalized spacial score (nSPS) is 12.5. The Bertz CT molecular complexity index is 134. The molecule has 1 radical (unpaired) electrons. The third-order valence-corrected chi connectivity index (χ3v) is 1.90. The molecule has 0 rings (SSSR count). The highest BCUT2D eigenvalue weighted by Gasteiger charge is 2.03. The van der Waals surface area contributed by atoms with Crippen molar-refractivity contribution in [3.8, 4) is 11.8 Å². The molecule has 0 spiro atoms. The van der Waals surface area contributed by atoms with E-state index in [9.17, 15) is 0 Å². The summed E-state index contributed by atoms with van der Waals surface area (Å²) < 4.78 is 0. The first-order chi connectivity index (χ1) is 5.18. The van der Waals surface area contributed by atoms with Crippen LogP contribution in [0.25, 0.3) is 0 Å². The first-order valence-electron chi connectivity index (χ1n) is 4.47. The monoisotopic (exact) mass is 151 g/mol. The fourth-order valence-electron chi connectivity index (χ4n) is 0.648. The molecular weight excluding hydrogens is 132 g/mol. The summed E-state index contributed by atoms with van der Waals surface area (Å²) in [5.74, 6) is 7.48. The molecule has 0 saturated carbocycles. The minimum atomic E-state index is 0.519. The second kappa shape index (κ2) is 6.28. The largest absolute Gasteiger partial charge is 0.103 e. The predicted octanol–water partition coefficient (Wildman–Crippen LogP) is 3.29. The van der Waals surface area contributed by atoms with Crippen LogP contribution < -0.4 is 0 Å². The topological polar surface area (TPSA) is 0 Å².